The van der Waals surface area contributed by atoms with Gasteiger partial charge in [0.2, 0.25) is 0 Å². The van der Waals surface area contributed by atoms with E-state index in [0.717, 1.165) is 36.3 Å². The molecule has 146 valence electrons. The van der Waals surface area contributed by atoms with Crippen LogP contribution in [0.3, 0.4) is 0 Å². The summed E-state index contributed by atoms with van der Waals surface area (Å²) >= 11 is 0. The van der Waals surface area contributed by atoms with Crippen LogP contribution >= 0.6 is 0 Å². The van der Waals surface area contributed by atoms with Crippen LogP contribution in [0.1, 0.15) is 59.6 Å². The quantitative estimate of drug-likeness (QED) is 0.548. The molecule has 1 heterocycles. The lowest BCUT2D eigenvalue weighted by Crippen LogP contribution is -2.32. The van der Waals surface area contributed by atoms with Gasteiger partial charge in [-0.1, -0.05) is 49.8 Å². The van der Waals surface area contributed by atoms with Crippen molar-refractivity contribution in [1.29, 1.82) is 0 Å². The Kier molecular flexibility index (Phi) is 5.38. The minimum absolute atomic E-state index is 0.00242. The Morgan fingerprint density at radius 2 is 2.11 bits per heavy atom. The molecule has 4 heteroatoms. The molecule has 4 rings (SSSR count). The predicted octanol–water partition coefficient (Wildman–Crippen LogP) is 5.05. The third-order valence-electron chi connectivity index (χ3n) is 5.91. The fourth-order valence-corrected chi connectivity index (χ4v) is 4.45. The van der Waals surface area contributed by atoms with Crippen molar-refractivity contribution < 1.29 is 9.53 Å². The van der Waals surface area contributed by atoms with Crippen molar-refractivity contribution in [3.63, 3.8) is 0 Å². The smallest absolute Gasteiger partial charge is 0.253 e. The van der Waals surface area contributed by atoms with Crippen LogP contribution in [0.2, 0.25) is 0 Å². The van der Waals surface area contributed by atoms with Gasteiger partial charge in [-0.05, 0) is 48.1 Å². The van der Waals surface area contributed by atoms with Gasteiger partial charge in [0, 0.05) is 12.5 Å². The Bertz CT molecular complexity index is 890. The molecule has 28 heavy (non-hydrogen) atoms. The first-order chi connectivity index (χ1) is 13.7. The second-order valence-corrected chi connectivity index (χ2v) is 7.63. The zero-order valence-electron chi connectivity index (χ0n) is 16.6. The number of ether oxygens (including phenoxy) is 1. The number of amides is 1. The van der Waals surface area contributed by atoms with Gasteiger partial charge in [0.25, 0.3) is 5.91 Å². The van der Waals surface area contributed by atoms with E-state index in [1.54, 1.807) is 7.11 Å². The number of methoxy groups -OCH3 is 1. The Morgan fingerprint density at radius 1 is 1.25 bits per heavy atom. The minimum atomic E-state index is 0.00242. The summed E-state index contributed by atoms with van der Waals surface area (Å²) in [7, 11) is 1.70. The molecule has 4 nitrogen and oxygen atoms in total. The Hall–Kier alpha value is -2.75. The largest absolute Gasteiger partial charge is 0.497 e. The summed E-state index contributed by atoms with van der Waals surface area (Å²) in [5, 5.41) is 6.79. The molecule has 1 aliphatic carbocycles. The zero-order chi connectivity index (χ0) is 19.5. The van der Waals surface area contributed by atoms with Crippen LogP contribution in [0.25, 0.3) is 0 Å². The molecular weight excluding hydrogens is 348 g/mol. The van der Waals surface area contributed by atoms with Crippen LogP contribution in [0.15, 0.2) is 54.6 Å². The number of carbonyl (C=O) groups excluding carboxylic acids is 1. The molecule has 0 saturated carbocycles. The van der Waals surface area contributed by atoms with E-state index in [1.165, 1.54) is 11.1 Å². The van der Waals surface area contributed by atoms with E-state index in [-0.39, 0.29) is 11.9 Å². The number of para-hydroxylation sites is 1. The molecule has 3 unspecified atom stereocenters. The molecule has 0 radical (unpaired) electrons. The van der Waals surface area contributed by atoms with E-state index in [1.807, 2.05) is 24.3 Å². The van der Waals surface area contributed by atoms with Crippen molar-refractivity contribution in [1.82, 2.24) is 5.32 Å². The summed E-state index contributed by atoms with van der Waals surface area (Å²) in [5.74, 6) is 1.63. The molecule has 0 saturated heterocycles. The highest BCUT2D eigenvalue weighted by atomic mass is 16.5. The minimum Gasteiger partial charge on any atom is -0.497 e. The maximum atomic E-state index is 12.8. The maximum Gasteiger partial charge on any atom is 0.253 e. The lowest BCUT2D eigenvalue weighted by molar-refractivity contribution is 0.0953. The van der Waals surface area contributed by atoms with E-state index < -0.39 is 0 Å². The molecule has 1 aliphatic heterocycles. The normalized spacial score (nSPS) is 22.1. The number of hydrogen-bond acceptors (Lipinski definition) is 3. The number of nitrogens with one attached hydrogen (secondary N) is 2. The van der Waals surface area contributed by atoms with Crippen molar-refractivity contribution in [3.8, 4) is 5.75 Å². The first-order valence-corrected chi connectivity index (χ1v) is 10.2. The molecule has 1 amide bonds. The van der Waals surface area contributed by atoms with Crippen LogP contribution in [-0.4, -0.2) is 19.6 Å². The molecule has 3 atom stereocenters. The third-order valence-corrected chi connectivity index (χ3v) is 5.91. The highest BCUT2D eigenvalue weighted by Gasteiger charge is 2.39. The number of benzene rings is 2. The molecule has 0 fully saturated rings. The fraction of sp³-hybridized carbons (Fsp3) is 0.375. The van der Waals surface area contributed by atoms with Gasteiger partial charge in [-0.15, -0.1) is 0 Å². The van der Waals surface area contributed by atoms with Gasteiger partial charge in [-0.2, -0.15) is 0 Å². The van der Waals surface area contributed by atoms with Gasteiger partial charge >= 0.3 is 0 Å². The topological polar surface area (TPSA) is 50.4 Å². The number of rotatable bonds is 6. The number of allylic oxidation sites excluding steroid dienone is 2. The first kappa shape index (κ1) is 18.6. The van der Waals surface area contributed by atoms with Crippen molar-refractivity contribution in [2.24, 2.45) is 5.92 Å². The van der Waals surface area contributed by atoms with Crippen molar-refractivity contribution in [3.05, 3.63) is 71.3 Å². The monoisotopic (exact) mass is 376 g/mol. The fourth-order valence-electron chi connectivity index (χ4n) is 4.45. The van der Waals surface area contributed by atoms with Gasteiger partial charge in [-0.3, -0.25) is 4.79 Å². The highest BCUT2D eigenvalue weighted by molar-refractivity contribution is 6.00. The van der Waals surface area contributed by atoms with Gasteiger partial charge in [0.05, 0.1) is 24.4 Å². The SMILES string of the molecule is CCCCNC(=O)c1cccc2c1NC(c1cccc(OC)c1)C1CC=CC21. The van der Waals surface area contributed by atoms with Crippen molar-refractivity contribution >= 4 is 11.6 Å². The molecule has 2 N–H and O–H groups in total. The summed E-state index contributed by atoms with van der Waals surface area (Å²) < 4.78 is 5.44. The van der Waals surface area contributed by atoms with E-state index in [2.05, 4.69) is 47.9 Å². The summed E-state index contributed by atoms with van der Waals surface area (Å²) in [6.45, 7) is 2.84. The average molecular weight is 377 g/mol. The first-order valence-electron chi connectivity index (χ1n) is 10.2. The van der Waals surface area contributed by atoms with Gasteiger partial charge in [0.1, 0.15) is 5.75 Å². The van der Waals surface area contributed by atoms with Gasteiger partial charge < -0.3 is 15.4 Å². The molecule has 2 aliphatic rings. The molecular formula is C24H28N2O2. The lowest BCUT2D eigenvalue weighted by atomic mass is 9.76. The average Bonchev–Trinajstić information content (AvgIpc) is 3.23. The second kappa shape index (κ2) is 8.09. The van der Waals surface area contributed by atoms with Crippen LogP contribution in [0.5, 0.6) is 5.75 Å². The summed E-state index contributed by atoms with van der Waals surface area (Å²) in [5.41, 5.74) is 4.13. The second-order valence-electron chi connectivity index (χ2n) is 7.63. The molecule has 2 aromatic rings. The van der Waals surface area contributed by atoms with Crippen LogP contribution in [0, 0.1) is 5.92 Å². The molecule has 0 bridgehead atoms. The molecule has 2 aromatic carbocycles. The zero-order valence-corrected chi connectivity index (χ0v) is 16.6. The third kappa shape index (κ3) is 3.39. The van der Waals surface area contributed by atoms with Crippen LogP contribution in [0.4, 0.5) is 5.69 Å². The lowest BCUT2D eigenvalue weighted by Gasteiger charge is -2.38. The summed E-state index contributed by atoms with van der Waals surface area (Å²) in [4.78, 5) is 12.8. The maximum absolute atomic E-state index is 12.8. The Balaban J connectivity index is 1.70. The van der Waals surface area contributed by atoms with E-state index >= 15 is 0 Å². The standard InChI is InChI=1S/C24H28N2O2/c1-3-4-14-25-24(27)21-13-7-12-20-18-10-6-11-19(18)22(26-23(20)21)16-8-5-9-17(15-16)28-2/h5-10,12-13,15,18-19,22,26H,3-4,11,14H2,1-2H3,(H,25,27). The predicted molar refractivity (Wildman–Crippen MR) is 113 cm³/mol. The summed E-state index contributed by atoms with van der Waals surface area (Å²) in [6, 6.07) is 14.5. The Labute approximate surface area is 167 Å². The van der Waals surface area contributed by atoms with Crippen LogP contribution in [-0.2, 0) is 0 Å². The van der Waals surface area contributed by atoms with Crippen molar-refractivity contribution in [2.75, 3.05) is 19.0 Å². The van der Waals surface area contributed by atoms with E-state index in [4.69, 9.17) is 4.74 Å². The number of carbonyl (C=O) groups is 1. The van der Waals surface area contributed by atoms with Gasteiger partial charge in [-0.25, -0.2) is 0 Å². The number of unbranched alkanes of at least 4 members (excludes halogenated alkanes) is 1. The van der Waals surface area contributed by atoms with E-state index in [9.17, 15) is 4.79 Å². The Morgan fingerprint density at radius 3 is 2.93 bits per heavy atom. The number of anilines is 1. The number of fused-ring (bicyclic) bond motifs is 3. The van der Waals surface area contributed by atoms with Gasteiger partial charge in [0.15, 0.2) is 0 Å². The van der Waals surface area contributed by atoms with Crippen molar-refractivity contribution in [2.45, 2.75) is 38.1 Å². The highest BCUT2D eigenvalue weighted by Crippen LogP contribution is 2.50. The summed E-state index contributed by atoms with van der Waals surface area (Å²) in [6.07, 6.45) is 7.67. The molecule has 0 aromatic heterocycles. The molecule has 0 spiro atoms. The van der Waals surface area contributed by atoms with E-state index in [0.29, 0.717) is 18.4 Å². The number of hydrogen-bond donors (Lipinski definition) is 2. The van der Waals surface area contributed by atoms with Crippen LogP contribution < -0.4 is 15.4 Å².